The Morgan fingerprint density at radius 3 is 1.95 bits per heavy atom. The molecule has 0 bridgehead atoms. The third-order valence-corrected chi connectivity index (χ3v) is 3.37. The molecular formula is C14H11F3N2. The zero-order valence-electron chi connectivity index (χ0n) is 9.83. The first-order chi connectivity index (χ1) is 9.09. The van der Waals surface area contributed by atoms with E-state index in [4.69, 9.17) is 5.73 Å². The highest BCUT2D eigenvalue weighted by atomic mass is 19.1. The molecular weight excluding hydrogens is 253 g/mol. The van der Waals surface area contributed by atoms with Gasteiger partial charge in [-0.3, -0.25) is 0 Å². The van der Waals surface area contributed by atoms with Crippen molar-refractivity contribution in [3.8, 4) is 0 Å². The molecule has 0 radical (unpaired) electrons. The predicted octanol–water partition coefficient (Wildman–Crippen LogP) is 3.27. The first-order valence-electron chi connectivity index (χ1n) is 5.84. The van der Waals surface area contributed by atoms with Gasteiger partial charge in [0.15, 0.2) is 0 Å². The number of hydrogen-bond donors (Lipinski definition) is 2. The Hall–Kier alpha value is -2.01. The Morgan fingerprint density at radius 1 is 0.842 bits per heavy atom. The van der Waals surface area contributed by atoms with E-state index in [-0.39, 0.29) is 11.1 Å². The van der Waals surface area contributed by atoms with E-state index in [2.05, 4.69) is 5.32 Å². The highest BCUT2D eigenvalue weighted by Gasteiger charge is 2.35. The third kappa shape index (κ3) is 1.77. The van der Waals surface area contributed by atoms with Crippen LogP contribution < -0.4 is 11.1 Å². The molecule has 2 unspecified atom stereocenters. The highest BCUT2D eigenvalue weighted by Crippen LogP contribution is 2.43. The summed E-state index contributed by atoms with van der Waals surface area (Å²) in [7, 11) is 0. The molecule has 0 fully saturated rings. The second-order valence-electron chi connectivity index (χ2n) is 4.48. The molecule has 5 heteroatoms. The van der Waals surface area contributed by atoms with Crippen molar-refractivity contribution in [1.82, 2.24) is 0 Å². The molecule has 3 rings (SSSR count). The van der Waals surface area contributed by atoms with Gasteiger partial charge >= 0.3 is 0 Å². The van der Waals surface area contributed by atoms with E-state index in [0.29, 0.717) is 5.69 Å². The largest absolute Gasteiger partial charge is 0.376 e. The monoisotopic (exact) mass is 264 g/mol. The smallest absolute Gasteiger partial charge is 0.131 e. The van der Waals surface area contributed by atoms with Crippen molar-refractivity contribution in [2.75, 3.05) is 5.32 Å². The maximum atomic E-state index is 13.8. The number of nitrogens with two attached hydrogens (primary N) is 1. The molecule has 0 saturated carbocycles. The zero-order chi connectivity index (χ0) is 13.6. The lowest BCUT2D eigenvalue weighted by Gasteiger charge is -2.18. The lowest BCUT2D eigenvalue weighted by molar-refractivity contribution is 0.505. The molecule has 3 N–H and O–H groups in total. The van der Waals surface area contributed by atoms with Crippen LogP contribution in [0.3, 0.4) is 0 Å². The summed E-state index contributed by atoms with van der Waals surface area (Å²) in [4.78, 5) is 0. The van der Waals surface area contributed by atoms with Gasteiger partial charge in [0, 0.05) is 16.8 Å². The van der Waals surface area contributed by atoms with Gasteiger partial charge < -0.3 is 11.1 Å². The number of benzene rings is 2. The van der Waals surface area contributed by atoms with E-state index in [9.17, 15) is 13.2 Å². The van der Waals surface area contributed by atoms with E-state index in [1.807, 2.05) is 0 Å². The van der Waals surface area contributed by atoms with Gasteiger partial charge in [-0.15, -0.1) is 0 Å². The fourth-order valence-electron chi connectivity index (χ4n) is 2.49. The summed E-state index contributed by atoms with van der Waals surface area (Å²) in [5, 5.41) is 2.88. The molecule has 2 aromatic carbocycles. The van der Waals surface area contributed by atoms with Crippen molar-refractivity contribution < 1.29 is 13.2 Å². The average molecular weight is 264 g/mol. The summed E-state index contributed by atoms with van der Waals surface area (Å²) in [6, 6.07) is 6.39. The fourth-order valence-corrected chi connectivity index (χ4v) is 2.49. The highest BCUT2D eigenvalue weighted by molar-refractivity contribution is 5.61. The molecule has 98 valence electrons. The fraction of sp³-hybridized carbons (Fsp3) is 0.143. The van der Waals surface area contributed by atoms with E-state index in [1.54, 1.807) is 6.07 Å². The molecule has 1 aliphatic heterocycles. The minimum atomic E-state index is -0.831. The number of rotatable bonds is 1. The van der Waals surface area contributed by atoms with Crippen molar-refractivity contribution in [3.63, 3.8) is 0 Å². The molecule has 0 saturated heterocycles. The molecule has 19 heavy (non-hydrogen) atoms. The maximum Gasteiger partial charge on any atom is 0.131 e. The first-order valence-corrected chi connectivity index (χ1v) is 5.84. The van der Waals surface area contributed by atoms with Crippen LogP contribution in [0.25, 0.3) is 0 Å². The van der Waals surface area contributed by atoms with Gasteiger partial charge in [-0.2, -0.15) is 0 Å². The number of halogens is 3. The number of anilines is 1. The van der Waals surface area contributed by atoms with Crippen molar-refractivity contribution in [2.45, 2.75) is 12.1 Å². The first kappa shape index (κ1) is 12.0. The topological polar surface area (TPSA) is 38.0 Å². The van der Waals surface area contributed by atoms with Gasteiger partial charge in [-0.25, -0.2) is 13.2 Å². The van der Waals surface area contributed by atoms with E-state index < -0.39 is 29.5 Å². The lowest BCUT2D eigenvalue weighted by atomic mass is 9.97. The molecule has 0 spiro atoms. The molecule has 1 aliphatic rings. The standard InChI is InChI=1S/C14H11F3N2/c15-7-3-1-4-8(16)11(7)14-13(18)12-9(17)5-2-6-10(12)19-14/h1-6,13-14,19H,18H2. The zero-order valence-corrected chi connectivity index (χ0v) is 9.83. The van der Waals surface area contributed by atoms with Crippen molar-refractivity contribution >= 4 is 5.69 Å². The van der Waals surface area contributed by atoms with Gasteiger partial charge in [0.05, 0.1) is 12.1 Å². The van der Waals surface area contributed by atoms with Crippen molar-refractivity contribution in [2.24, 2.45) is 5.73 Å². The molecule has 0 amide bonds. The molecule has 0 aliphatic carbocycles. The second-order valence-corrected chi connectivity index (χ2v) is 4.48. The van der Waals surface area contributed by atoms with Crippen LogP contribution in [-0.2, 0) is 0 Å². The van der Waals surface area contributed by atoms with Crippen molar-refractivity contribution in [3.05, 3.63) is 65.0 Å². The summed E-state index contributed by atoms with van der Waals surface area (Å²) in [6.45, 7) is 0. The normalized spacial score (nSPS) is 21.1. The predicted molar refractivity (Wildman–Crippen MR) is 66.1 cm³/mol. The Kier molecular flexibility index (Phi) is 2.71. The second kappa shape index (κ2) is 4.28. The summed E-state index contributed by atoms with van der Waals surface area (Å²) in [6.07, 6.45) is 0. The van der Waals surface area contributed by atoms with Crippen LogP contribution in [0.4, 0.5) is 18.9 Å². The van der Waals surface area contributed by atoms with E-state index in [1.165, 1.54) is 18.2 Å². The Bertz CT molecular complexity index is 622. The van der Waals surface area contributed by atoms with Crippen LogP contribution in [0.2, 0.25) is 0 Å². The Balaban J connectivity index is 2.10. The van der Waals surface area contributed by atoms with Crippen LogP contribution in [0, 0.1) is 17.5 Å². The van der Waals surface area contributed by atoms with E-state index in [0.717, 1.165) is 12.1 Å². The van der Waals surface area contributed by atoms with Gasteiger partial charge in [-0.05, 0) is 24.3 Å². The lowest BCUT2D eigenvalue weighted by Crippen LogP contribution is -2.21. The number of fused-ring (bicyclic) bond motifs is 1. The maximum absolute atomic E-state index is 13.8. The number of nitrogens with one attached hydrogen (secondary N) is 1. The summed E-state index contributed by atoms with van der Waals surface area (Å²) in [5.74, 6) is -1.86. The van der Waals surface area contributed by atoms with Crippen LogP contribution >= 0.6 is 0 Å². The van der Waals surface area contributed by atoms with E-state index >= 15 is 0 Å². The summed E-state index contributed by atoms with van der Waals surface area (Å²) < 4.78 is 41.3. The Morgan fingerprint density at radius 2 is 1.37 bits per heavy atom. The van der Waals surface area contributed by atoms with Gasteiger partial charge in [-0.1, -0.05) is 12.1 Å². The molecule has 2 atom stereocenters. The van der Waals surface area contributed by atoms with Crippen LogP contribution in [0.15, 0.2) is 36.4 Å². The van der Waals surface area contributed by atoms with Crippen molar-refractivity contribution in [1.29, 1.82) is 0 Å². The summed E-state index contributed by atoms with van der Waals surface area (Å²) in [5.41, 5.74) is 6.50. The average Bonchev–Trinajstić information content (AvgIpc) is 2.68. The van der Waals surface area contributed by atoms with Crippen LogP contribution in [0.5, 0.6) is 0 Å². The molecule has 2 nitrogen and oxygen atoms in total. The minimum absolute atomic E-state index is 0.161. The Labute approximate surface area is 108 Å². The minimum Gasteiger partial charge on any atom is -0.376 e. The van der Waals surface area contributed by atoms with Gasteiger partial charge in [0.2, 0.25) is 0 Å². The van der Waals surface area contributed by atoms with Gasteiger partial charge in [0.1, 0.15) is 17.5 Å². The third-order valence-electron chi connectivity index (χ3n) is 3.37. The SMILES string of the molecule is NC1c2c(F)cccc2NC1c1c(F)cccc1F. The molecule has 2 aromatic rings. The van der Waals surface area contributed by atoms with Crippen LogP contribution in [0.1, 0.15) is 23.2 Å². The number of hydrogen-bond acceptors (Lipinski definition) is 2. The van der Waals surface area contributed by atoms with Gasteiger partial charge in [0.25, 0.3) is 0 Å². The quantitative estimate of drug-likeness (QED) is 0.829. The van der Waals surface area contributed by atoms with Crippen LogP contribution in [-0.4, -0.2) is 0 Å². The summed E-state index contributed by atoms with van der Waals surface area (Å²) >= 11 is 0. The molecule has 0 aromatic heterocycles. The molecule has 1 heterocycles.